The lowest BCUT2D eigenvalue weighted by molar-refractivity contribution is -0.115. The van der Waals surface area contributed by atoms with Crippen LogP contribution in [0, 0.1) is 0 Å². The van der Waals surface area contributed by atoms with Crippen molar-refractivity contribution in [2.75, 3.05) is 5.32 Å². The standard InChI is InChI=1S/C15H12Cl2N2O/c16-10-2-3-12(17)11(7-10)15(18)8-1-4-13-9(5-8)6-14(20)19-13/h1-5,7,15H,6,18H2,(H,19,20). The maximum atomic E-state index is 11.4. The van der Waals surface area contributed by atoms with Crippen molar-refractivity contribution >= 4 is 34.8 Å². The van der Waals surface area contributed by atoms with Crippen molar-refractivity contribution in [3.63, 3.8) is 0 Å². The summed E-state index contributed by atoms with van der Waals surface area (Å²) in [6.07, 6.45) is 0.388. The van der Waals surface area contributed by atoms with Crippen molar-refractivity contribution in [3.05, 3.63) is 63.1 Å². The second kappa shape index (κ2) is 5.09. The van der Waals surface area contributed by atoms with Gasteiger partial charge in [-0.1, -0.05) is 35.3 Å². The highest BCUT2D eigenvalue weighted by Crippen LogP contribution is 2.32. The molecule has 1 unspecified atom stereocenters. The highest BCUT2D eigenvalue weighted by atomic mass is 35.5. The summed E-state index contributed by atoms with van der Waals surface area (Å²) in [6, 6.07) is 10.6. The van der Waals surface area contributed by atoms with Gasteiger partial charge in [0.05, 0.1) is 12.5 Å². The minimum Gasteiger partial charge on any atom is -0.326 e. The monoisotopic (exact) mass is 306 g/mol. The smallest absolute Gasteiger partial charge is 0.228 e. The molecule has 3 nitrogen and oxygen atoms in total. The number of carbonyl (C=O) groups is 1. The van der Waals surface area contributed by atoms with Gasteiger partial charge in [-0.2, -0.15) is 0 Å². The molecule has 102 valence electrons. The molecule has 3 rings (SSSR count). The summed E-state index contributed by atoms with van der Waals surface area (Å²) >= 11 is 12.2. The number of hydrogen-bond donors (Lipinski definition) is 2. The molecular formula is C15H12Cl2N2O. The average Bonchev–Trinajstić information content (AvgIpc) is 2.79. The average molecular weight is 307 g/mol. The molecule has 0 fully saturated rings. The molecule has 2 aromatic rings. The number of amides is 1. The Morgan fingerprint density at radius 3 is 2.75 bits per heavy atom. The molecule has 1 aliphatic rings. The van der Waals surface area contributed by atoms with Crippen LogP contribution in [0.4, 0.5) is 5.69 Å². The molecule has 3 N–H and O–H groups in total. The van der Waals surface area contributed by atoms with E-state index < -0.39 is 0 Å². The van der Waals surface area contributed by atoms with Crippen LogP contribution in [0.5, 0.6) is 0 Å². The number of nitrogens with one attached hydrogen (secondary N) is 1. The molecule has 1 heterocycles. The van der Waals surface area contributed by atoms with Crippen molar-refractivity contribution in [3.8, 4) is 0 Å². The highest BCUT2D eigenvalue weighted by molar-refractivity contribution is 6.33. The Morgan fingerprint density at radius 1 is 1.15 bits per heavy atom. The van der Waals surface area contributed by atoms with Crippen LogP contribution in [-0.2, 0) is 11.2 Å². The van der Waals surface area contributed by atoms with Crippen LogP contribution in [-0.4, -0.2) is 5.91 Å². The first-order valence-corrected chi connectivity index (χ1v) is 6.93. The van der Waals surface area contributed by atoms with Crippen LogP contribution in [0.3, 0.4) is 0 Å². The normalized spacial score (nSPS) is 14.8. The molecule has 20 heavy (non-hydrogen) atoms. The van der Waals surface area contributed by atoms with Crippen LogP contribution in [0.2, 0.25) is 10.0 Å². The number of fused-ring (bicyclic) bond motifs is 1. The molecule has 0 radical (unpaired) electrons. The maximum absolute atomic E-state index is 11.4. The summed E-state index contributed by atoms with van der Waals surface area (Å²) < 4.78 is 0. The number of anilines is 1. The largest absolute Gasteiger partial charge is 0.326 e. The van der Waals surface area contributed by atoms with E-state index in [1.54, 1.807) is 18.2 Å². The first kappa shape index (κ1) is 13.4. The van der Waals surface area contributed by atoms with Gasteiger partial charge in [-0.25, -0.2) is 0 Å². The summed E-state index contributed by atoms with van der Waals surface area (Å²) in [6.45, 7) is 0. The molecule has 0 aliphatic carbocycles. The van der Waals surface area contributed by atoms with Crippen LogP contribution in [0.1, 0.15) is 22.7 Å². The molecule has 0 saturated heterocycles. The summed E-state index contributed by atoms with van der Waals surface area (Å²) in [5, 5.41) is 3.97. The van der Waals surface area contributed by atoms with E-state index in [0.717, 1.165) is 22.4 Å². The Labute approximate surface area is 126 Å². The number of hydrogen-bond acceptors (Lipinski definition) is 2. The summed E-state index contributed by atoms with van der Waals surface area (Å²) in [5.41, 5.74) is 9.76. The van der Waals surface area contributed by atoms with Gasteiger partial charge in [-0.3, -0.25) is 4.79 Å². The zero-order chi connectivity index (χ0) is 14.3. The lowest BCUT2D eigenvalue weighted by Crippen LogP contribution is -2.12. The third-order valence-electron chi connectivity index (χ3n) is 3.41. The molecular weight excluding hydrogens is 295 g/mol. The molecule has 5 heteroatoms. The van der Waals surface area contributed by atoms with E-state index in [4.69, 9.17) is 28.9 Å². The molecule has 2 aromatic carbocycles. The maximum Gasteiger partial charge on any atom is 0.228 e. The molecule has 0 spiro atoms. The van der Waals surface area contributed by atoms with Gasteiger partial charge in [0.2, 0.25) is 5.91 Å². The Morgan fingerprint density at radius 2 is 1.95 bits per heavy atom. The van der Waals surface area contributed by atoms with Crippen molar-refractivity contribution in [1.82, 2.24) is 0 Å². The fourth-order valence-corrected chi connectivity index (χ4v) is 2.79. The lowest BCUT2D eigenvalue weighted by Gasteiger charge is -2.15. The van der Waals surface area contributed by atoms with Gasteiger partial charge >= 0.3 is 0 Å². The molecule has 0 saturated carbocycles. The predicted octanol–water partition coefficient (Wildman–Crippen LogP) is 3.54. The highest BCUT2D eigenvalue weighted by Gasteiger charge is 2.20. The van der Waals surface area contributed by atoms with E-state index in [1.807, 2.05) is 18.2 Å². The first-order valence-electron chi connectivity index (χ1n) is 6.18. The van der Waals surface area contributed by atoms with Crippen LogP contribution in [0.25, 0.3) is 0 Å². The van der Waals surface area contributed by atoms with E-state index >= 15 is 0 Å². The van der Waals surface area contributed by atoms with E-state index in [9.17, 15) is 4.79 Å². The molecule has 1 amide bonds. The number of benzene rings is 2. The molecule has 0 bridgehead atoms. The van der Waals surface area contributed by atoms with E-state index in [1.165, 1.54) is 0 Å². The van der Waals surface area contributed by atoms with Crippen LogP contribution in [0.15, 0.2) is 36.4 Å². The summed E-state index contributed by atoms with van der Waals surface area (Å²) in [4.78, 5) is 11.4. The van der Waals surface area contributed by atoms with Gasteiger partial charge in [0.15, 0.2) is 0 Å². The van der Waals surface area contributed by atoms with Gasteiger partial charge in [0.1, 0.15) is 0 Å². The molecule has 1 aliphatic heterocycles. The first-order chi connectivity index (χ1) is 9.54. The minimum atomic E-state index is -0.373. The quantitative estimate of drug-likeness (QED) is 0.891. The second-order valence-electron chi connectivity index (χ2n) is 4.79. The Balaban J connectivity index is 1.99. The number of carbonyl (C=O) groups excluding carboxylic acids is 1. The number of nitrogens with two attached hydrogens (primary N) is 1. The van der Waals surface area contributed by atoms with Crippen LogP contribution >= 0.6 is 23.2 Å². The van der Waals surface area contributed by atoms with Gasteiger partial charge in [-0.15, -0.1) is 0 Å². The summed E-state index contributed by atoms with van der Waals surface area (Å²) in [7, 11) is 0. The summed E-state index contributed by atoms with van der Waals surface area (Å²) in [5.74, 6) is 0.00603. The molecule has 0 aromatic heterocycles. The lowest BCUT2D eigenvalue weighted by atomic mass is 9.97. The van der Waals surface area contributed by atoms with E-state index in [2.05, 4.69) is 5.32 Å². The third-order valence-corrected chi connectivity index (χ3v) is 3.99. The van der Waals surface area contributed by atoms with Gasteiger partial charge in [-0.05, 0) is 41.0 Å². The predicted molar refractivity (Wildman–Crippen MR) is 81.3 cm³/mol. The van der Waals surface area contributed by atoms with Gasteiger partial charge in [0.25, 0.3) is 0 Å². The van der Waals surface area contributed by atoms with Crippen molar-refractivity contribution in [2.45, 2.75) is 12.5 Å². The van der Waals surface area contributed by atoms with E-state index in [0.29, 0.717) is 16.5 Å². The Hall–Kier alpha value is -1.55. The fraction of sp³-hybridized carbons (Fsp3) is 0.133. The minimum absolute atomic E-state index is 0.00603. The zero-order valence-electron chi connectivity index (χ0n) is 10.5. The molecule has 1 atom stereocenters. The van der Waals surface area contributed by atoms with Gasteiger partial charge in [0, 0.05) is 15.7 Å². The van der Waals surface area contributed by atoms with Crippen molar-refractivity contribution in [2.24, 2.45) is 5.73 Å². The topological polar surface area (TPSA) is 55.1 Å². The number of halogens is 2. The van der Waals surface area contributed by atoms with Crippen molar-refractivity contribution < 1.29 is 4.79 Å². The second-order valence-corrected chi connectivity index (χ2v) is 5.63. The third kappa shape index (κ3) is 2.40. The van der Waals surface area contributed by atoms with Gasteiger partial charge < -0.3 is 11.1 Å². The Kier molecular flexibility index (Phi) is 3.42. The number of rotatable bonds is 2. The Bertz CT molecular complexity index is 700. The van der Waals surface area contributed by atoms with E-state index in [-0.39, 0.29) is 11.9 Å². The zero-order valence-corrected chi connectivity index (χ0v) is 12.0. The SMILES string of the molecule is NC(c1ccc2c(c1)CC(=O)N2)c1cc(Cl)ccc1Cl. The van der Waals surface area contributed by atoms with Crippen LogP contribution < -0.4 is 11.1 Å². The van der Waals surface area contributed by atoms with Crippen molar-refractivity contribution in [1.29, 1.82) is 0 Å². The fourth-order valence-electron chi connectivity index (χ4n) is 2.38.